The molecule has 0 fully saturated rings. The van der Waals surface area contributed by atoms with Crippen LogP contribution in [-0.4, -0.2) is 52.6 Å². The van der Waals surface area contributed by atoms with Gasteiger partial charge in [0.1, 0.15) is 11.5 Å². The standard InChI is InChI=1S/C21H29N3O5.HI/c1-6-22-21(24-15-7-8-19(28-4)20(11-15)29-5)23-13-18(25)14-9-16(26-2)12-17(10-14)27-3;/h7-12,18,25H,6,13H2,1-5H3,(H2,22,23,24);1H. The third-order valence-corrected chi connectivity index (χ3v) is 4.17. The lowest BCUT2D eigenvalue weighted by Gasteiger charge is -2.15. The molecule has 2 aromatic carbocycles. The molecule has 0 aliphatic heterocycles. The van der Waals surface area contributed by atoms with Crippen LogP contribution in [0.25, 0.3) is 0 Å². The second-order valence-electron chi connectivity index (χ2n) is 6.08. The number of benzene rings is 2. The minimum atomic E-state index is -0.820. The second-order valence-corrected chi connectivity index (χ2v) is 6.08. The van der Waals surface area contributed by atoms with Gasteiger partial charge in [0.15, 0.2) is 17.5 Å². The maximum absolute atomic E-state index is 10.6. The lowest BCUT2D eigenvalue weighted by atomic mass is 10.1. The van der Waals surface area contributed by atoms with E-state index in [0.29, 0.717) is 41.1 Å². The number of nitrogens with one attached hydrogen (secondary N) is 2. The molecule has 8 nitrogen and oxygen atoms in total. The Balaban J connectivity index is 0.00000450. The van der Waals surface area contributed by atoms with Crippen LogP contribution in [0.5, 0.6) is 23.0 Å². The van der Waals surface area contributed by atoms with E-state index in [1.165, 1.54) is 0 Å². The van der Waals surface area contributed by atoms with E-state index in [2.05, 4.69) is 15.6 Å². The highest BCUT2D eigenvalue weighted by atomic mass is 127. The van der Waals surface area contributed by atoms with Gasteiger partial charge in [0.2, 0.25) is 0 Å². The molecule has 166 valence electrons. The van der Waals surface area contributed by atoms with Gasteiger partial charge in [0.05, 0.1) is 41.1 Å². The molecule has 2 aromatic rings. The van der Waals surface area contributed by atoms with Crippen LogP contribution in [0.2, 0.25) is 0 Å². The Labute approximate surface area is 194 Å². The van der Waals surface area contributed by atoms with Crippen LogP contribution in [0, 0.1) is 0 Å². The lowest BCUT2D eigenvalue weighted by molar-refractivity contribution is 0.186. The summed E-state index contributed by atoms with van der Waals surface area (Å²) in [7, 11) is 6.31. The first-order chi connectivity index (χ1) is 14.0. The van der Waals surface area contributed by atoms with Crippen LogP contribution in [0.15, 0.2) is 41.4 Å². The van der Waals surface area contributed by atoms with Crippen molar-refractivity contribution >= 4 is 35.6 Å². The topological polar surface area (TPSA) is 93.6 Å². The van der Waals surface area contributed by atoms with Crippen LogP contribution in [0.3, 0.4) is 0 Å². The number of halogens is 1. The molecule has 0 aromatic heterocycles. The summed E-state index contributed by atoms with van der Waals surface area (Å²) in [6.45, 7) is 2.79. The average Bonchev–Trinajstić information content (AvgIpc) is 2.76. The molecule has 1 atom stereocenters. The third kappa shape index (κ3) is 7.13. The van der Waals surface area contributed by atoms with Crippen molar-refractivity contribution < 1.29 is 24.1 Å². The average molecular weight is 531 g/mol. The molecule has 0 spiro atoms. The summed E-state index contributed by atoms with van der Waals surface area (Å²) in [5.41, 5.74) is 1.44. The van der Waals surface area contributed by atoms with Crippen molar-refractivity contribution in [3.8, 4) is 23.0 Å². The van der Waals surface area contributed by atoms with Crippen LogP contribution < -0.4 is 29.6 Å². The van der Waals surface area contributed by atoms with Gasteiger partial charge in [-0.3, -0.25) is 0 Å². The van der Waals surface area contributed by atoms with Crippen molar-refractivity contribution in [2.75, 3.05) is 46.8 Å². The molecular formula is C21H30IN3O5. The number of anilines is 1. The number of aliphatic imine (C=N–C) groups is 1. The predicted octanol–water partition coefficient (Wildman–Crippen LogP) is 3.45. The summed E-state index contributed by atoms with van der Waals surface area (Å²) in [4.78, 5) is 4.48. The highest BCUT2D eigenvalue weighted by Crippen LogP contribution is 2.30. The van der Waals surface area contributed by atoms with Crippen LogP contribution >= 0.6 is 24.0 Å². The zero-order valence-electron chi connectivity index (χ0n) is 17.9. The van der Waals surface area contributed by atoms with Crippen molar-refractivity contribution in [2.24, 2.45) is 4.99 Å². The van der Waals surface area contributed by atoms with Crippen LogP contribution in [-0.2, 0) is 0 Å². The molecule has 0 radical (unpaired) electrons. The van der Waals surface area contributed by atoms with Gasteiger partial charge in [0.25, 0.3) is 0 Å². The number of hydrogen-bond donors (Lipinski definition) is 3. The van der Waals surface area contributed by atoms with E-state index in [9.17, 15) is 5.11 Å². The summed E-state index contributed by atoms with van der Waals surface area (Å²) in [5, 5.41) is 16.9. The molecule has 1 unspecified atom stereocenters. The first kappa shape index (κ1) is 25.6. The van der Waals surface area contributed by atoms with Gasteiger partial charge in [-0.1, -0.05) is 0 Å². The zero-order valence-corrected chi connectivity index (χ0v) is 20.2. The maximum Gasteiger partial charge on any atom is 0.195 e. The van der Waals surface area contributed by atoms with Crippen molar-refractivity contribution in [1.29, 1.82) is 0 Å². The first-order valence-electron chi connectivity index (χ1n) is 9.23. The van der Waals surface area contributed by atoms with Crippen molar-refractivity contribution in [3.05, 3.63) is 42.0 Å². The molecule has 0 aliphatic rings. The molecule has 0 saturated heterocycles. The van der Waals surface area contributed by atoms with Crippen LogP contribution in [0.4, 0.5) is 5.69 Å². The third-order valence-electron chi connectivity index (χ3n) is 4.17. The van der Waals surface area contributed by atoms with E-state index in [1.807, 2.05) is 25.1 Å². The van der Waals surface area contributed by atoms with E-state index in [-0.39, 0.29) is 30.5 Å². The van der Waals surface area contributed by atoms with Gasteiger partial charge in [-0.05, 0) is 36.8 Å². The Morgan fingerprint density at radius 3 is 2.10 bits per heavy atom. The second kappa shape index (κ2) is 13.0. The summed E-state index contributed by atoms with van der Waals surface area (Å²) in [6.07, 6.45) is -0.820. The highest BCUT2D eigenvalue weighted by molar-refractivity contribution is 14.0. The number of methoxy groups -OCH3 is 4. The van der Waals surface area contributed by atoms with E-state index < -0.39 is 6.10 Å². The Bertz CT molecular complexity index is 810. The van der Waals surface area contributed by atoms with Gasteiger partial charge in [-0.15, -0.1) is 24.0 Å². The largest absolute Gasteiger partial charge is 0.497 e. The highest BCUT2D eigenvalue weighted by Gasteiger charge is 2.12. The smallest absolute Gasteiger partial charge is 0.195 e. The quantitative estimate of drug-likeness (QED) is 0.259. The van der Waals surface area contributed by atoms with E-state index in [1.54, 1.807) is 46.6 Å². The Hall–Kier alpha value is -2.40. The predicted molar refractivity (Wildman–Crippen MR) is 129 cm³/mol. The van der Waals surface area contributed by atoms with Gasteiger partial charge in [0, 0.05) is 24.4 Å². The minimum Gasteiger partial charge on any atom is -0.497 e. The first-order valence-corrected chi connectivity index (χ1v) is 9.23. The summed E-state index contributed by atoms with van der Waals surface area (Å²) in [5.74, 6) is 3.00. The van der Waals surface area contributed by atoms with Gasteiger partial charge < -0.3 is 34.7 Å². The number of nitrogens with zero attached hydrogens (tertiary/aromatic N) is 1. The Morgan fingerprint density at radius 2 is 1.57 bits per heavy atom. The van der Waals surface area contributed by atoms with Crippen molar-refractivity contribution in [3.63, 3.8) is 0 Å². The van der Waals surface area contributed by atoms with E-state index in [0.717, 1.165) is 5.69 Å². The Kier molecular flexibility index (Phi) is 11.1. The molecule has 2 rings (SSSR count). The van der Waals surface area contributed by atoms with Crippen LogP contribution in [0.1, 0.15) is 18.6 Å². The molecule has 0 saturated carbocycles. The van der Waals surface area contributed by atoms with Crippen molar-refractivity contribution in [2.45, 2.75) is 13.0 Å². The molecule has 0 bridgehead atoms. The zero-order chi connectivity index (χ0) is 21.2. The molecule has 9 heteroatoms. The van der Waals surface area contributed by atoms with Gasteiger partial charge in [-0.25, -0.2) is 4.99 Å². The summed E-state index contributed by atoms with van der Waals surface area (Å²) >= 11 is 0. The fourth-order valence-corrected chi connectivity index (χ4v) is 2.66. The number of rotatable bonds is 9. The number of guanidine groups is 1. The maximum atomic E-state index is 10.6. The molecule has 30 heavy (non-hydrogen) atoms. The normalized spacial score (nSPS) is 11.7. The van der Waals surface area contributed by atoms with Gasteiger partial charge in [-0.2, -0.15) is 0 Å². The fraction of sp³-hybridized carbons (Fsp3) is 0.381. The molecule has 3 N–H and O–H groups in total. The number of ether oxygens (including phenoxy) is 4. The lowest BCUT2D eigenvalue weighted by Crippen LogP contribution is -2.31. The molecular weight excluding hydrogens is 501 g/mol. The summed E-state index contributed by atoms with van der Waals surface area (Å²) < 4.78 is 21.1. The fourth-order valence-electron chi connectivity index (χ4n) is 2.66. The number of aliphatic hydroxyl groups is 1. The molecule has 0 heterocycles. The van der Waals surface area contributed by atoms with Gasteiger partial charge >= 0.3 is 0 Å². The minimum absolute atomic E-state index is 0. The van der Waals surface area contributed by atoms with E-state index >= 15 is 0 Å². The van der Waals surface area contributed by atoms with E-state index in [4.69, 9.17) is 18.9 Å². The molecule has 0 aliphatic carbocycles. The molecule has 0 amide bonds. The SMILES string of the molecule is CCNC(=NCC(O)c1cc(OC)cc(OC)c1)Nc1ccc(OC)c(OC)c1.I. The van der Waals surface area contributed by atoms with Crippen molar-refractivity contribution in [1.82, 2.24) is 5.32 Å². The Morgan fingerprint density at radius 1 is 0.933 bits per heavy atom. The monoisotopic (exact) mass is 531 g/mol. The summed E-state index contributed by atoms with van der Waals surface area (Å²) in [6, 6.07) is 10.8. The number of aliphatic hydroxyl groups excluding tert-OH is 1. The number of hydrogen-bond acceptors (Lipinski definition) is 6.